The highest BCUT2D eigenvalue weighted by Gasteiger charge is 2.30. The predicted molar refractivity (Wildman–Crippen MR) is 78.8 cm³/mol. The minimum Gasteiger partial charge on any atom is -0.325 e. The Morgan fingerprint density at radius 1 is 1.28 bits per heavy atom. The molecule has 0 spiro atoms. The summed E-state index contributed by atoms with van der Waals surface area (Å²) >= 11 is 0. The summed E-state index contributed by atoms with van der Waals surface area (Å²) in [5.41, 5.74) is 9.44. The van der Waals surface area contributed by atoms with Gasteiger partial charge in [0.25, 0.3) is 0 Å². The van der Waals surface area contributed by atoms with E-state index in [1.165, 1.54) is 36.8 Å². The van der Waals surface area contributed by atoms with E-state index >= 15 is 0 Å². The molecule has 1 nitrogen and oxygen atoms in total. The molecule has 1 saturated carbocycles. The second-order valence-corrected chi connectivity index (χ2v) is 6.64. The largest absolute Gasteiger partial charge is 0.325 e. The first-order chi connectivity index (χ1) is 8.48. The molecule has 0 radical (unpaired) electrons. The molecule has 0 heterocycles. The van der Waals surface area contributed by atoms with E-state index in [0.717, 1.165) is 12.3 Å². The van der Waals surface area contributed by atoms with Crippen LogP contribution in [0.4, 0.5) is 0 Å². The molecule has 1 aliphatic rings. The molecule has 1 fully saturated rings. The molecule has 0 aromatic heterocycles. The van der Waals surface area contributed by atoms with E-state index in [2.05, 4.69) is 45.0 Å². The lowest BCUT2D eigenvalue weighted by molar-refractivity contribution is 0.235. The van der Waals surface area contributed by atoms with E-state index in [0.29, 0.717) is 5.92 Å². The standard InChI is InChI=1S/C17H27N/c1-13(2)16-8-6-15(7-9-16)12-17(18)10-4-5-14(3)11-17/h6-9,13-14H,4-5,10-12,18H2,1-3H3. The Hall–Kier alpha value is -0.820. The Morgan fingerprint density at radius 2 is 1.94 bits per heavy atom. The van der Waals surface area contributed by atoms with Crippen LogP contribution in [-0.4, -0.2) is 5.54 Å². The van der Waals surface area contributed by atoms with Gasteiger partial charge in [-0.15, -0.1) is 0 Å². The van der Waals surface area contributed by atoms with Crippen molar-refractivity contribution in [1.29, 1.82) is 0 Å². The van der Waals surface area contributed by atoms with Crippen molar-refractivity contribution in [3.05, 3.63) is 35.4 Å². The topological polar surface area (TPSA) is 26.0 Å². The van der Waals surface area contributed by atoms with Crippen molar-refractivity contribution >= 4 is 0 Å². The molecule has 0 amide bonds. The Morgan fingerprint density at radius 3 is 2.50 bits per heavy atom. The van der Waals surface area contributed by atoms with Crippen LogP contribution in [0.5, 0.6) is 0 Å². The number of hydrogen-bond acceptors (Lipinski definition) is 1. The second-order valence-electron chi connectivity index (χ2n) is 6.64. The van der Waals surface area contributed by atoms with Crippen molar-refractivity contribution < 1.29 is 0 Å². The van der Waals surface area contributed by atoms with Gasteiger partial charge in [0, 0.05) is 5.54 Å². The fourth-order valence-corrected chi connectivity index (χ4v) is 3.29. The van der Waals surface area contributed by atoms with Crippen LogP contribution in [0.15, 0.2) is 24.3 Å². The van der Waals surface area contributed by atoms with Gasteiger partial charge in [-0.25, -0.2) is 0 Å². The summed E-state index contributed by atoms with van der Waals surface area (Å²) in [6.45, 7) is 6.81. The molecule has 1 heteroatoms. The lowest BCUT2D eigenvalue weighted by atomic mass is 9.74. The third-order valence-electron chi connectivity index (χ3n) is 4.33. The zero-order chi connectivity index (χ0) is 13.2. The van der Waals surface area contributed by atoms with Crippen molar-refractivity contribution in [3.8, 4) is 0 Å². The third-order valence-corrected chi connectivity index (χ3v) is 4.33. The molecule has 18 heavy (non-hydrogen) atoms. The maximum Gasteiger partial charge on any atom is 0.0197 e. The zero-order valence-electron chi connectivity index (χ0n) is 12.1. The third kappa shape index (κ3) is 3.35. The van der Waals surface area contributed by atoms with Crippen LogP contribution < -0.4 is 5.73 Å². The van der Waals surface area contributed by atoms with Crippen LogP contribution >= 0.6 is 0 Å². The van der Waals surface area contributed by atoms with Gasteiger partial charge in [-0.3, -0.25) is 0 Å². The van der Waals surface area contributed by atoms with Crippen molar-refractivity contribution in [2.24, 2.45) is 11.7 Å². The number of benzene rings is 1. The summed E-state index contributed by atoms with van der Waals surface area (Å²) in [6, 6.07) is 9.05. The van der Waals surface area contributed by atoms with Crippen LogP contribution in [0.1, 0.15) is 63.5 Å². The van der Waals surface area contributed by atoms with Gasteiger partial charge in [-0.2, -0.15) is 0 Å². The fourth-order valence-electron chi connectivity index (χ4n) is 3.29. The van der Waals surface area contributed by atoms with Gasteiger partial charge < -0.3 is 5.73 Å². The summed E-state index contributed by atoms with van der Waals surface area (Å²) in [6.07, 6.45) is 6.05. The first-order valence-electron chi connectivity index (χ1n) is 7.36. The highest BCUT2D eigenvalue weighted by molar-refractivity contribution is 5.26. The van der Waals surface area contributed by atoms with E-state index < -0.39 is 0 Å². The molecule has 2 N–H and O–H groups in total. The smallest absolute Gasteiger partial charge is 0.0197 e. The van der Waals surface area contributed by atoms with Crippen LogP contribution in [-0.2, 0) is 6.42 Å². The number of hydrogen-bond donors (Lipinski definition) is 1. The zero-order valence-corrected chi connectivity index (χ0v) is 12.1. The van der Waals surface area contributed by atoms with Crippen molar-refractivity contribution in [2.45, 2.75) is 64.3 Å². The summed E-state index contributed by atoms with van der Waals surface area (Å²) in [7, 11) is 0. The minimum atomic E-state index is 0.0387. The SMILES string of the molecule is CC1CCCC(N)(Cc2ccc(C(C)C)cc2)C1. The number of nitrogens with two attached hydrogens (primary N) is 1. The van der Waals surface area contributed by atoms with E-state index in [9.17, 15) is 0 Å². The quantitative estimate of drug-likeness (QED) is 0.846. The van der Waals surface area contributed by atoms with Gasteiger partial charge >= 0.3 is 0 Å². The van der Waals surface area contributed by atoms with E-state index in [1.807, 2.05) is 0 Å². The van der Waals surface area contributed by atoms with Gasteiger partial charge in [-0.1, -0.05) is 57.9 Å². The van der Waals surface area contributed by atoms with Crippen molar-refractivity contribution in [1.82, 2.24) is 0 Å². The van der Waals surface area contributed by atoms with Gasteiger partial charge in [0.2, 0.25) is 0 Å². The Bertz CT molecular complexity index is 379. The Labute approximate surface area is 112 Å². The molecule has 100 valence electrons. The highest BCUT2D eigenvalue weighted by atomic mass is 14.7. The summed E-state index contributed by atoms with van der Waals surface area (Å²) in [5.74, 6) is 1.40. The Balaban J connectivity index is 2.04. The molecule has 0 saturated heterocycles. The van der Waals surface area contributed by atoms with E-state index in [4.69, 9.17) is 5.73 Å². The fraction of sp³-hybridized carbons (Fsp3) is 0.647. The monoisotopic (exact) mass is 245 g/mol. The van der Waals surface area contributed by atoms with Crippen molar-refractivity contribution in [3.63, 3.8) is 0 Å². The molecule has 0 bridgehead atoms. The molecule has 2 atom stereocenters. The average Bonchev–Trinajstić information content (AvgIpc) is 2.28. The highest BCUT2D eigenvalue weighted by Crippen LogP contribution is 2.33. The minimum absolute atomic E-state index is 0.0387. The molecular formula is C17H27N. The predicted octanol–water partition coefficient (Wildman–Crippen LogP) is 4.26. The summed E-state index contributed by atoms with van der Waals surface area (Å²) < 4.78 is 0. The van der Waals surface area contributed by atoms with Crippen LogP contribution in [0.2, 0.25) is 0 Å². The normalized spacial score (nSPS) is 28.6. The lowest BCUT2D eigenvalue weighted by Gasteiger charge is -2.37. The molecule has 2 unspecified atom stereocenters. The lowest BCUT2D eigenvalue weighted by Crippen LogP contribution is -2.45. The van der Waals surface area contributed by atoms with Gasteiger partial charge in [0.05, 0.1) is 0 Å². The maximum atomic E-state index is 6.58. The summed E-state index contributed by atoms with van der Waals surface area (Å²) in [5, 5.41) is 0. The van der Waals surface area contributed by atoms with Crippen LogP contribution in [0, 0.1) is 5.92 Å². The van der Waals surface area contributed by atoms with Crippen LogP contribution in [0.3, 0.4) is 0 Å². The molecule has 0 aliphatic heterocycles. The molecule has 1 aromatic rings. The first-order valence-corrected chi connectivity index (χ1v) is 7.36. The maximum absolute atomic E-state index is 6.58. The number of rotatable bonds is 3. The molecule has 2 rings (SSSR count). The average molecular weight is 245 g/mol. The molecule has 1 aliphatic carbocycles. The van der Waals surface area contributed by atoms with E-state index in [-0.39, 0.29) is 5.54 Å². The Kier molecular flexibility index (Phi) is 4.11. The molecular weight excluding hydrogens is 218 g/mol. The first kappa shape index (κ1) is 13.6. The van der Waals surface area contributed by atoms with Gasteiger partial charge in [0.15, 0.2) is 0 Å². The second kappa shape index (κ2) is 5.44. The summed E-state index contributed by atoms with van der Waals surface area (Å²) in [4.78, 5) is 0. The van der Waals surface area contributed by atoms with Crippen molar-refractivity contribution in [2.75, 3.05) is 0 Å². The van der Waals surface area contributed by atoms with Crippen LogP contribution in [0.25, 0.3) is 0 Å². The van der Waals surface area contributed by atoms with Gasteiger partial charge in [0.1, 0.15) is 0 Å². The van der Waals surface area contributed by atoms with E-state index in [1.54, 1.807) is 0 Å². The molecule has 1 aromatic carbocycles. The van der Waals surface area contributed by atoms with Gasteiger partial charge in [-0.05, 0) is 42.2 Å².